The van der Waals surface area contributed by atoms with Crippen molar-refractivity contribution in [3.05, 3.63) is 46.8 Å². The second-order valence-electron chi connectivity index (χ2n) is 6.51. The van der Waals surface area contributed by atoms with Crippen LogP contribution in [0.4, 0.5) is 0 Å². The lowest BCUT2D eigenvalue weighted by molar-refractivity contribution is 0.0774. The van der Waals surface area contributed by atoms with Gasteiger partial charge in [-0.05, 0) is 43.9 Å². The van der Waals surface area contributed by atoms with Gasteiger partial charge in [-0.15, -0.1) is 0 Å². The van der Waals surface area contributed by atoms with Gasteiger partial charge in [0, 0.05) is 26.3 Å². The van der Waals surface area contributed by atoms with Gasteiger partial charge in [0.05, 0.1) is 18.4 Å². The van der Waals surface area contributed by atoms with Crippen molar-refractivity contribution < 1.29 is 9.53 Å². The number of aromatic nitrogens is 2. The molecule has 130 valence electrons. The first kappa shape index (κ1) is 18.0. The van der Waals surface area contributed by atoms with Crippen molar-refractivity contribution in [1.29, 1.82) is 0 Å². The van der Waals surface area contributed by atoms with Gasteiger partial charge >= 0.3 is 0 Å². The van der Waals surface area contributed by atoms with E-state index < -0.39 is 0 Å². The summed E-state index contributed by atoms with van der Waals surface area (Å²) in [5.41, 5.74) is 3.66. The number of ether oxygens (including phenoxy) is 1. The van der Waals surface area contributed by atoms with Crippen LogP contribution in [0.25, 0.3) is 0 Å². The van der Waals surface area contributed by atoms with E-state index in [0.29, 0.717) is 12.5 Å². The third-order valence-electron chi connectivity index (χ3n) is 4.40. The molecule has 0 saturated carbocycles. The molecule has 0 spiro atoms. The van der Waals surface area contributed by atoms with Crippen molar-refractivity contribution in [2.45, 2.75) is 27.2 Å². The highest BCUT2D eigenvalue weighted by Gasteiger charge is 2.21. The lowest BCUT2D eigenvalue weighted by atomic mass is 10.00. The molecule has 1 aromatic heterocycles. The molecule has 1 aromatic carbocycles. The lowest BCUT2D eigenvalue weighted by Crippen LogP contribution is -2.32. The van der Waals surface area contributed by atoms with Crippen LogP contribution in [0.2, 0.25) is 0 Å². The minimum atomic E-state index is 0.0414. The molecule has 5 nitrogen and oxygen atoms in total. The van der Waals surface area contributed by atoms with E-state index in [4.69, 9.17) is 4.74 Å². The zero-order valence-corrected chi connectivity index (χ0v) is 15.5. The number of carbonyl (C=O) groups excluding carboxylic acids is 1. The van der Waals surface area contributed by atoms with Gasteiger partial charge in [-0.25, -0.2) is 0 Å². The molecule has 1 unspecified atom stereocenters. The predicted molar refractivity (Wildman–Crippen MR) is 95.5 cm³/mol. The minimum absolute atomic E-state index is 0.0414. The van der Waals surface area contributed by atoms with Gasteiger partial charge < -0.3 is 9.64 Å². The van der Waals surface area contributed by atoms with Crippen LogP contribution in [-0.2, 0) is 13.5 Å². The molecule has 5 heteroatoms. The highest BCUT2D eigenvalue weighted by Crippen LogP contribution is 2.17. The van der Waals surface area contributed by atoms with Crippen molar-refractivity contribution >= 4 is 5.91 Å². The molecule has 0 fully saturated rings. The van der Waals surface area contributed by atoms with Crippen molar-refractivity contribution in [2.75, 3.05) is 20.7 Å². The monoisotopic (exact) mass is 329 g/mol. The summed E-state index contributed by atoms with van der Waals surface area (Å²) < 4.78 is 6.94. The standard InChI is InChI=1S/C19H27N3O2/c1-13(11-16-7-9-17(24-6)10-8-16)12-21(4)19(23)18-14(2)20-22(5)15(18)3/h7-10,13H,11-12H2,1-6H3. The van der Waals surface area contributed by atoms with Crippen LogP contribution in [0.3, 0.4) is 0 Å². The zero-order chi connectivity index (χ0) is 17.9. The molecule has 0 aliphatic carbocycles. The number of hydrogen-bond acceptors (Lipinski definition) is 3. The predicted octanol–water partition coefficient (Wildman–Crippen LogP) is 3.00. The number of rotatable bonds is 6. The average Bonchev–Trinajstić information content (AvgIpc) is 2.80. The number of nitrogens with zero attached hydrogens (tertiary/aromatic N) is 3. The second kappa shape index (κ2) is 7.51. The Hall–Kier alpha value is -2.30. The first-order valence-electron chi connectivity index (χ1n) is 8.22. The summed E-state index contributed by atoms with van der Waals surface area (Å²) in [7, 11) is 5.39. The van der Waals surface area contributed by atoms with Gasteiger partial charge in [0.25, 0.3) is 5.91 Å². The summed E-state index contributed by atoms with van der Waals surface area (Å²) in [6.07, 6.45) is 0.923. The van der Waals surface area contributed by atoms with Crippen LogP contribution in [0, 0.1) is 19.8 Å². The second-order valence-corrected chi connectivity index (χ2v) is 6.51. The van der Waals surface area contributed by atoms with Gasteiger partial charge in [0.1, 0.15) is 5.75 Å². The fraction of sp³-hybridized carbons (Fsp3) is 0.474. The number of benzene rings is 1. The number of carbonyl (C=O) groups is 1. The number of hydrogen-bond donors (Lipinski definition) is 0. The number of methoxy groups -OCH3 is 1. The third-order valence-corrected chi connectivity index (χ3v) is 4.40. The Morgan fingerprint density at radius 2 is 1.92 bits per heavy atom. The van der Waals surface area contributed by atoms with Crippen LogP contribution in [0.1, 0.15) is 34.2 Å². The quantitative estimate of drug-likeness (QED) is 0.818. The Kier molecular flexibility index (Phi) is 5.65. The SMILES string of the molecule is COc1ccc(CC(C)CN(C)C(=O)c2c(C)nn(C)c2C)cc1. The average molecular weight is 329 g/mol. The molecule has 0 aliphatic heterocycles. The Bertz CT molecular complexity index is 704. The van der Waals surface area contributed by atoms with E-state index in [1.54, 1.807) is 16.7 Å². The number of aryl methyl sites for hydroxylation is 2. The molecule has 1 amide bonds. The highest BCUT2D eigenvalue weighted by molar-refractivity contribution is 5.96. The first-order chi connectivity index (χ1) is 11.3. The summed E-state index contributed by atoms with van der Waals surface area (Å²) in [5, 5.41) is 4.33. The van der Waals surface area contributed by atoms with Crippen molar-refractivity contribution in [1.82, 2.24) is 14.7 Å². The van der Waals surface area contributed by atoms with Gasteiger partial charge in [-0.3, -0.25) is 9.48 Å². The first-order valence-corrected chi connectivity index (χ1v) is 8.22. The third kappa shape index (κ3) is 3.96. The van der Waals surface area contributed by atoms with Crippen molar-refractivity contribution in [3.63, 3.8) is 0 Å². The summed E-state index contributed by atoms with van der Waals surface area (Å²) >= 11 is 0. The molecule has 24 heavy (non-hydrogen) atoms. The van der Waals surface area contributed by atoms with Crippen LogP contribution in [0.5, 0.6) is 5.75 Å². The molecule has 0 N–H and O–H groups in total. The number of amides is 1. The van der Waals surface area contributed by atoms with Crippen LogP contribution >= 0.6 is 0 Å². The maximum atomic E-state index is 12.7. The molecule has 0 aliphatic rings. The Morgan fingerprint density at radius 1 is 1.29 bits per heavy atom. The fourth-order valence-corrected chi connectivity index (χ4v) is 3.05. The van der Waals surface area contributed by atoms with Crippen LogP contribution < -0.4 is 4.74 Å². The summed E-state index contributed by atoms with van der Waals surface area (Å²) in [5.74, 6) is 1.27. The molecule has 1 atom stereocenters. The Labute approximate surface area is 144 Å². The fourth-order valence-electron chi connectivity index (χ4n) is 3.05. The van der Waals surface area contributed by atoms with E-state index >= 15 is 0 Å². The maximum Gasteiger partial charge on any atom is 0.257 e. The topological polar surface area (TPSA) is 47.4 Å². The molecule has 2 aromatic rings. The molecule has 0 saturated heterocycles. The van der Waals surface area contributed by atoms with Gasteiger partial charge in [0.2, 0.25) is 0 Å². The van der Waals surface area contributed by atoms with E-state index in [1.165, 1.54) is 5.56 Å². The van der Waals surface area contributed by atoms with E-state index in [0.717, 1.165) is 29.1 Å². The Balaban J connectivity index is 1.99. The van der Waals surface area contributed by atoms with Crippen LogP contribution in [-0.4, -0.2) is 41.3 Å². The van der Waals surface area contributed by atoms with Crippen molar-refractivity contribution in [3.8, 4) is 5.75 Å². The summed E-state index contributed by atoms with van der Waals surface area (Å²) in [4.78, 5) is 14.5. The molecule has 1 heterocycles. The van der Waals surface area contributed by atoms with E-state index in [2.05, 4.69) is 24.2 Å². The normalized spacial score (nSPS) is 12.1. The maximum absolute atomic E-state index is 12.7. The smallest absolute Gasteiger partial charge is 0.257 e. The van der Waals surface area contributed by atoms with Gasteiger partial charge in [-0.1, -0.05) is 19.1 Å². The largest absolute Gasteiger partial charge is 0.497 e. The minimum Gasteiger partial charge on any atom is -0.497 e. The molecular formula is C19H27N3O2. The van der Waals surface area contributed by atoms with Gasteiger partial charge in [0.15, 0.2) is 0 Å². The zero-order valence-electron chi connectivity index (χ0n) is 15.5. The van der Waals surface area contributed by atoms with E-state index in [9.17, 15) is 4.79 Å². The molecule has 2 rings (SSSR count). The van der Waals surface area contributed by atoms with Crippen LogP contribution in [0.15, 0.2) is 24.3 Å². The lowest BCUT2D eigenvalue weighted by Gasteiger charge is -2.22. The molecular weight excluding hydrogens is 302 g/mol. The molecule has 0 bridgehead atoms. The summed E-state index contributed by atoms with van der Waals surface area (Å²) in [6, 6.07) is 8.09. The van der Waals surface area contributed by atoms with E-state index in [1.807, 2.05) is 40.1 Å². The van der Waals surface area contributed by atoms with Crippen molar-refractivity contribution in [2.24, 2.45) is 13.0 Å². The summed E-state index contributed by atoms with van der Waals surface area (Å²) in [6.45, 7) is 6.69. The van der Waals surface area contributed by atoms with Gasteiger partial charge in [-0.2, -0.15) is 5.10 Å². The highest BCUT2D eigenvalue weighted by atomic mass is 16.5. The Morgan fingerprint density at radius 3 is 2.42 bits per heavy atom. The van der Waals surface area contributed by atoms with E-state index in [-0.39, 0.29) is 5.91 Å². The molecule has 0 radical (unpaired) electrons.